The van der Waals surface area contributed by atoms with Crippen LogP contribution in [0.15, 0.2) is 34.1 Å². The number of halogens is 1. The van der Waals surface area contributed by atoms with Crippen LogP contribution in [0.3, 0.4) is 0 Å². The van der Waals surface area contributed by atoms with Crippen molar-refractivity contribution in [2.75, 3.05) is 20.3 Å². The minimum atomic E-state index is 0.163. The molecule has 21 heavy (non-hydrogen) atoms. The molecule has 0 aliphatic carbocycles. The van der Waals surface area contributed by atoms with Gasteiger partial charge in [0.1, 0.15) is 0 Å². The first kappa shape index (κ1) is 14.9. The summed E-state index contributed by atoms with van der Waals surface area (Å²) in [6.45, 7) is 3.54. The minimum Gasteiger partial charge on any atom is -0.489 e. The number of benzene rings is 1. The van der Waals surface area contributed by atoms with Crippen LogP contribution in [0.5, 0.6) is 11.5 Å². The number of hydrogen-bond donors (Lipinski definition) is 1. The lowest BCUT2D eigenvalue weighted by Crippen LogP contribution is -2.16. The molecule has 2 heterocycles. The molecular formula is C16H18BrNO2S. The summed E-state index contributed by atoms with van der Waals surface area (Å²) >= 11 is 5.26. The van der Waals surface area contributed by atoms with Gasteiger partial charge in [-0.05, 0) is 52.8 Å². The Hall–Kier alpha value is -1.04. The van der Waals surface area contributed by atoms with Crippen LogP contribution in [-0.2, 0) is 0 Å². The van der Waals surface area contributed by atoms with Crippen LogP contribution in [-0.4, -0.2) is 20.3 Å². The van der Waals surface area contributed by atoms with Crippen LogP contribution >= 0.6 is 27.3 Å². The van der Waals surface area contributed by atoms with Gasteiger partial charge in [0.15, 0.2) is 11.5 Å². The van der Waals surface area contributed by atoms with Crippen molar-refractivity contribution in [3.8, 4) is 11.5 Å². The Balaban J connectivity index is 1.92. The second-order valence-electron chi connectivity index (χ2n) is 5.30. The molecule has 2 unspecified atom stereocenters. The maximum absolute atomic E-state index is 5.88. The van der Waals surface area contributed by atoms with Gasteiger partial charge in [-0.25, -0.2) is 0 Å². The smallest absolute Gasteiger partial charge is 0.161 e. The number of hydrogen-bond acceptors (Lipinski definition) is 4. The zero-order valence-electron chi connectivity index (χ0n) is 12.1. The molecule has 1 aromatic carbocycles. The molecule has 0 fully saturated rings. The van der Waals surface area contributed by atoms with E-state index < -0.39 is 0 Å². The van der Waals surface area contributed by atoms with Crippen molar-refractivity contribution in [3.63, 3.8) is 0 Å². The summed E-state index contributed by atoms with van der Waals surface area (Å²) in [4.78, 5) is 1.27. The fraction of sp³-hybridized carbons (Fsp3) is 0.375. The molecule has 2 aromatic rings. The zero-order valence-corrected chi connectivity index (χ0v) is 14.5. The van der Waals surface area contributed by atoms with Crippen molar-refractivity contribution < 1.29 is 9.47 Å². The Kier molecular flexibility index (Phi) is 4.52. The second-order valence-corrected chi connectivity index (χ2v) is 7.79. The molecule has 2 atom stereocenters. The molecule has 0 saturated heterocycles. The highest BCUT2D eigenvalue weighted by molar-refractivity contribution is 9.11. The summed E-state index contributed by atoms with van der Waals surface area (Å²) in [6.07, 6.45) is 0. The molecular weight excluding hydrogens is 350 g/mol. The van der Waals surface area contributed by atoms with Gasteiger partial charge < -0.3 is 14.8 Å². The van der Waals surface area contributed by atoms with Gasteiger partial charge in [-0.2, -0.15) is 0 Å². The van der Waals surface area contributed by atoms with Crippen molar-refractivity contribution in [2.24, 2.45) is 5.92 Å². The minimum absolute atomic E-state index is 0.163. The van der Waals surface area contributed by atoms with Crippen LogP contribution in [0, 0.1) is 5.92 Å². The first-order chi connectivity index (χ1) is 10.2. The molecule has 1 N–H and O–H groups in total. The predicted molar refractivity (Wildman–Crippen MR) is 89.5 cm³/mol. The molecule has 3 nitrogen and oxygen atoms in total. The summed E-state index contributed by atoms with van der Waals surface area (Å²) in [5.41, 5.74) is 1.18. The molecule has 1 aliphatic heterocycles. The van der Waals surface area contributed by atoms with E-state index in [2.05, 4.69) is 52.4 Å². The van der Waals surface area contributed by atoms with Gasteiger partial charge in [-0.1, -0.05) is 13.0 Å². The average Bonchev–Trinajstić information content (AvgIpc) is 2.81. The third-order valence-corrected chi connectivity index (χ3v) is 5.20. The lowest BCUT2D eigenvalue weighted by molar-refractivity contribution is 0.228. The fourth-order valence-corrected chi connectivity index (χ4v) is 3.97. The summed E-state index contributed by atoms with van der Waals surface area (Å²) in [7, 11) is 1.98. The van der Waals surface area contributed by atoms with Crippen LogP contribution < -0.4 is 14.8 Å². The Morgan fingerprint density at radius 1 is 1.19 bits per heavy atom. The topological polar surface area (TPSA) is 30.5 Å². The molecule has 5 heteroatoms. The molecule has 0 amide bonds. The summed E-state index contributed by atoms with van der Waals surface area (Å²) in [6, 6.07) is 10.6. The normalized spacial score (nSPS) is 19.1. The van der Waals surface area contributed by atoms with Gasteiger partial charge in [0.2, 0.25) is 0 Å². The largest absolute Gasteiger partial charge is 0.489 e. The van der Waals surface area contributed by atoms with Gasteiger partial charge in [-0.15, -0.1) is 11.3 Å². The Labute approximate surface area is 137 Å². The zero-order chi connectivity index (χ0) is 14.8. The van der Waals surface area contributed by atoms with Crippen LogP contribution in [0.2, 0.25) is 0 Å². The molecule has 1 aliphatic rings. The van der Waals surface area contributed by atoms with Gasteiger partial charge in [0.05, 0.1) is 23.0 Å². The molecule has 112 valence electrons. The maximum Gasteiger partial charge on any atom is 0.161 e. The van der Waals surface area contributed by atoms with Crippen LogP contribution in [0.25, 0.3) is 0 Å². The van der Waals surface area contributed by atoms with E-state index in [1.54, 1.807) is 11.3 Å². The summed E-state index contributed by atoms with van der Waals surface area (Å²) in [5.74, 6) is 2.09. The molecule has 0 radical (unpaired) electrons. The average molecular weight is 368 g/mol. The van der Waals surface area contributed by atoms with E-state index in [0.29, 0.717) is 19.1 Å². The highest BCUT2D eigenvalue weighted by atomic mass is 79.9. The first-order valence-corrected chi connectivity index (χ1v) is 8.60. The number of rotatable bonds is 3. The van der Waals surface area contributed by atoms with E-state index in [4.69, 9.17) is 9.47 Å². The number of fused-ring (bicyclic) bond motifs is 1. The van der Waals surface area contributed by atoms with E-state index >= 15 is 0 Å². The predicted octanol–water partition coefficient (Wildman–Crippen LogP) is 4.23. The van der Waals surface area contributed by atoms with Crippen LogP contribution in [0.1, 0.15) is 23.4 Å². The van der Waals surface area contributed by atoms with E-state index in [-0.39, 0.29) is 6.04 Å². The Morgan fingerprint density at radius 3 is 2.62 bits per heavy atom. The number of thiophene rings is 1. The number of nitrogens with one attached hydrogen (secondary N) is 1. The van der Waals surface area contributed by atoms with Gasteiger partial charge in [0, 0.05) is 10.8 Å². The van der Waals surface area contributed by atoms with E-state index in [1.165, 1.54) is 10.4 Å². The Bertz CT molecular complexity index is 628. The summed E-state index contributed by atoms with van der Waals surface area (Å²) < 4.78 is 12.8. The molecule has 0 bridgehead atoms. The highest BCUT2D eigenvalue weighted by Gasteiger charge is 2.19. The highest BCUT2D eigenvalue weighted by Crippen LogP contribution is 2.36. The molecule has 0 spiro atoms. The first-order valence-electron chi connectivity index (χ1n) is 6.99. The quantitative estimate of drug-likeness (QED) is 0.880. The van der Waals surface area contributed by atoms with Crippen LogP contribution in [0.4, 0.5) is 0 Å². The lowest BCUT2D eigenvalue weighted by Gasteiger charge is -2.17. The van der Waals surface area contributed by atoms with Crippen molar-refractivity contribution in [1.82, 2.24) is 5.32 Å². The van der Waals surface area contributed by atoms with E-state index in [9.17, 15) is 0 Å². The van der Waals surface area contributed by atoms with Gasteiger partial charge >= 0.3 is 0 Å². The van der Waals surface area contributed by atoms with Gasteiger partial charge in [-0.3, -0.25) is 0 Å². The third kappa shape index (κ3) is 3.25. The van der Waals surface area contributed by atoms with Crippen molar-refractivity contribution in [1.29, 1.82) is 0 Å². The van der Waals surface area contributed by atoms with Crippen molar-refractivity contribution in [2.45, 2.75) is 13.0 Å². The monoisotopic (exact) mass is 367 g/mol. The fourth-order valence-electron chi connectivity index (χ4n) is 2.41. The van der Waals surface area contributed by atoms with Crippen molar-refractivity contribution in [3.05, 3.63) is 44.6 Å². The van der Waals surface area contributed by atoms with Gasteiger partial charge in [0.25, 0.3) is 0 Å². The molecule has 3 rings (SSSR count). The molecule has 0 saturated carbocycles. The lowest BCUT2D eigenvalue weighted by atomic mass is 10.0. The van der Waals surface area contributed by atoms with Crippen molar-refractivity contribution >= 4 is 27.3 Å². The van der Waals surface area contributed by atoms with E-state index in [0.717, 1.165) is 15.3 Å². The Morgan fingerprint density at radius 2 is 1.95 bits per heavy atom. The van der Waals surface area contributed by atoms with E-state index in [1.807, 2.05) is 13.1 Å². The molecule has 1 aromatic heterocycles. The SMILES string of the molecule is CNC(c1ccc2c(c1)OCC(C)CO2)c1ccc(Br)s1. The summed E-state index contributed by atoms with van der Waals surface area (Å²) in [5, 5.41) is 3.37. The second kappa shape index (κ2) is 6.38. The maximum atomic E-state index is 5.88. The number of ether oxygens (including phenoxy) is 2. The third-order valence-electron chi connectivity index (χ3n) is 3.51. The standard InChI is InChI=1S/C16H18BrNO2S/c1-10-8-19-12-4-3-11(7-13(12)20-9-10)16(18-2)14-5-6-15(17)21-14/h3-7,10,16,18H,8-9H2,1-2H3.